The molecule has 2 aromatic carbocycles. The molecule has 1 N–H and O–H groups in total. The van der Waals surface area contributed by atoms with Crippen LogP contribution >= 0.6 is 0 Å². The summed E-state index contributed by atoms with van der Waals surface area (Å²) < 4.78 is 50.7. The fourth-order valence-corrected chi connectivity index (χ4v) is 4.22. The molecule has 0 spiro atoms. The molecule has 174 valence electrons. The number of fused-ring (bicyclic) bond motifs is 1. The van der Waals surface area contributed by atoms with Gasteiger partial charge in [-0.05, 0) is 74.2 Å². The molecule has 0 amide bonds. The maximum Gasteiger partial charge on any atom is 0.357 e. The van der Waals surface area contributed by atoms with Crippen LogP contribution < -0.4 is 4.74 Å². The van der Waals surface area contributed by atoms with Crippen LogP contribution in [0.15, 0.2) is 36.4 Å². The van der Waals surface area contributed by atoms with Crippen molar-refractivity contribution in [3.05, 3.63) is 81.7 Å². The van der Waals surface area contributed by atoms with Gasteiger partial charge < -0.3 is 9.84 Å². The van der Waals surface area contributed by atoms with Crippen LogP contribution in [0.5, 0.6) is 5.75 Å². The summed E-state index contributed by atoms with van der Waals surface area (Å²) in [7, 11) is 0. The number of nitrogens with zero attached hydrogens (tertiary/aromatic N) is 2. The number of rotatable bonds is 7. The molecule has 0 aliphatic carbocycles. The van der Waals surface area contributed by atoms with E-state index in [2.05, 4.69) is 4.85 Å². The van der Waals surface area contributed by atoms with Gasteiger partial charge in [-0.15, -0.1) is 0 Å². The quantitative estimate of drug-likeness (QED) is 0.446. The van der Waals surface area contributed by atoms with E-state index in [-0.39, 0.29) is 30.4 Å². The second kappa shape index (κ2) is 9.67. The number of ether oxygens (including phenoxy) is 1. The maximum atomic E-state index is 15.3. The number of hydrogen-bond acceptors (Lipinski definition) is 3. The molecule has 1 aliphatic rings. The van der Waals surface area contributed by atoms with Crippen LogP contribution in [0.4, 0.5) is 13.2 Å². The number of hydrogen-bond donors (Lipinski definition) is 1. The van der Waals surface area contributed by atoms with E-state index in [1.165, 1.54) is 13.8 Å². The lowest BCUT2D eigenvalue weighted by Crippen LogP contribution is -2.48. The summed E-state index contributed by atoms with van der Waals surface area (Å²) in [4.78, 5) is 15.7. The molecule has 1 aliphatic heterocycles. The predicted molar refractivity (Wildman–Crippen MR) is 118 cm³/mol. The lowest BCUT2D eigenvalue weighted by atomic mass is 9.83. The van der Waals surface area contributed by atoms with Crippen LogP contribution in [0.25, 0.3) is 10.9 Å². The van der Waals surface area contributed by atoms with Crippen molar-refractivity contribution >= 4 is 12.0 Å². The molecule has 8 heteroatoms. The smallest absolute Gasteiger partial charge is 0.357 e. The molecule has 2 unspecified atom stereocenters. The highest BCUT2D eigenvalue weighted by atomic mass is 19.1. The Kier molecular flexibility index (Phi) is 7.13. The van der Waals surface area contributed by atoms with Gasteiger partial charge in [0.2, 0.25) is 0 Å². The van der Waals surface area contributed by atoms with E-state index in [0.29, 0.717) is 17.7 Å². The van der Waals surface area contributed by atoms with Crippen molar-refractivity contribution in [3.63, 3.8) is 0 Å². The first-order chi connectivity index (χ1) is 15.5. The summed E-state index contributed by atoms with van der Waals surface area (Å²) in [6.07, 6.45) is 2.42. The normalized spacial score (nSPS) is 18.7. The van der Waals surface area contributed by atoms with Crippen molar-refractivity contribution in [3.8, 4) is 5.75 Å². The van der Waals surface area contributed by atoms with E-state index in [1.54, 1.807) is 23.1 Å². The molecule has 2 atom stereocenters. The zero-order valence-electron chi connectivity index (χ0n) is 18.6. The highest BCUT2D eigenvalue weighted by Gasteiger charge is 2.39. The minimum absolute atomic E-state index is 0.0478. The summed E-state index contributed by atoms with van der Waals surface area (Å²) in [5.74, 6) is -2.45. The highest BCUT2D eigenvalue weighted by Crippen LogP contribution is 2.42. The highest BCUT2D eigenvalue weighted by molar-refractivity contribution is 5.85. The minimum atomic E-state index is -1.61. The minimum Gasteiger partial charge on any atom is -0.478 e. The monoisotopic (exact) mass is 458 g/mol. The fourth-order valence-electron chi connectivity index (χ4n) is 4.22. The number of aliphatic carboxylic acids is 1. The van der Waals surface area contributed by atoms with Crippen molar-refractivity contribution in [1.29, 1.82) is 0 Å². The fraction of sp³-hybridized carbons (Fsp3) is 0.360. The third-order valence-corrected chi connectivity index (χ3v) is 5.47. The van der Waals surface area contributed by atoms with E-state index in [0.717, 1.165) is 29.8 Å². The zero-order valence-corrected chi connectivity index (χ0v) is 18.6. The van der Waals surface area contributed by atoms with Crippen LogP contribution in [-0.2, 0) is 11.2 Å². The molecule has 3 rings (SSSR count). The van der Waals surface area contributed by atoms with Crippen molar-refractivity contribution in [2.75, 3.05) is 13.3 Å². The molecule has 0 aromatic heterocycles. The van der Waals surface area contributed by atoms with E-state index in [9.17, 15) is 9.18 Å². The molecule has 0 radical (unpaired) electrons. The average molecular weight is 458 g/mol. The topological polar surface area (TPSA) is 54.1 Å². The van der Waals surface area contributed by atoms with Gasteiger partial charge in [-0.2, -0.15) is 0 Å². The largest absolute Gasteiger partial charge is 0.478 e. The standard InChI is InChI=1S/C25H25F3N2O3/c1-15-9-17-12-18(33-14-29-4)6-7-19(17)24(30(15)13-25(2,3)28)23-20(26)10-16(11-21(23)27)5-8-22(31)32/h5-8,10-12,15,24H,9,13-14H2,1-3H3,(H,31,32)/b8-5+. The molecule has 0 bridgehead atoms. The maximum absolute atomic E-state index is 15.3. The Morgan fingerprint density at radius 1 is 1.30 bits per heavy atom. The molecule has 1 heterocycles. The number of carboxylic acid groups (broad SMARTS) is 1. The van der Waals surface area contributed by atoms with Crippen molar-refractivity contribution in [2.24, 2.45) is 0 Å². The Hall–Kier alpha value is -3.31. The SMILES string of the molecule is [C-]#[N+]COc1ccc2c(c1)CC(C)N(CC(C)(C)F)C2c1c(F)cc(/C=C/C(=O)O)cc1F. The first-order valence-corrected chi connectivity index (χ1v) is 10.4. The van der Waals surface area contributed by atoms with Crippen LogP contribution in [0.3, 0.4) is 0 Å². The summed E-state index contributed by atoms with van der Waals surface area (Å²) in [6, 6.07) is 6.09. The van der Waals surface area contributed by atoms with Gasteiger partial charge in [-0.3, -0.25) is 9.74 Å². The number of alkyl halides is 1. The second-order valence-corrected chi connectivity index (χ2v) is 8.71. The Morgan fingerprint density at radius 2 is 1.97 bits per heavy atom. The lowest BCUT2D eigenvalue weighted by molar-refractivity contribution is -0.131. The first-order valence-electron chi connectivity index (χ1n) is 10.4. The first kappa shape index (κ1) is 24.3. The van der Waals surface area contributed by atoms with Gasteiger partial charge in [0.1, 0.15) is 23.1 Å². The van der Waals surface area contributed by atoms with Gasteiger partial charge in [0, 0.05) is 24.2 Å². The predicted octanol–water partition coefficient (Wildman–Crippen LogP) is 5.40. The average Bonchev–Trinajstić information content (AvgIpc) is 2.71. The van der Waals surface area contributed by atoms with E-state index in [1.807, 2.05) is 6.92 Å². The molecule has 0 fully saturated rings. The van der Waals surface area contributed by atoms with E-state index < -0.39 is 29.3 Å². The third kappa shape index (κ3) is 5.74. The Bertz CT molecular complexity index is 1100. The van der Waals surface area contributed by atoms with Gasteiger partial charge in [0.25, 0.3) is 0 Å². The Labute approximate surface area is 190 Å². The van der Waals surface area contributed by atoms with Crippen molar-refractivity contribution < 1.29 is 27.8 Å². The van der Waals surface area contributed by atoms with Crippen LogP contribution in [0.2, 0.25) is 0 Å². The molecule has 0 saturated carbocycles. The van der Waals surface area contributed by atoms with Gasteiger partial charge >= 0.3 is 12.7 Å². The zero-order chi connectivity index (χ0) is 24.3. The van der Waals surface area contributed by atoms with Crippen LogP contribution in [0, 0.1) is 18.2 Å². The van der Waals surface area contributed by atoms with E-state index in [4.69, 9.17) is 16.4 Å². The summed E-state index contributed by atoms with van der Waals surface area (Å²) in [5.41, 5.74) is -0.342. The summed E-state index contributed by atoms with van der Waals surface area (Å²) in [5, 5.41) is 8.79. The molecule has 5 nitrogen and oxygen atoms in total. The molecule has 0 saturated heterocycles. The summed E-state index contributed by atoms with van der Waals surface area (Å²) >= 11 is 0. The summed E-state index contributed by atoms with van der Waals surface area (Å²) in [6.45, 7) is 11.4. The molecular formula is C25H25F3N2O3. The second-order valence-electron chi connectivity index (χ2n) is 8.71. The number of carboxylic acids is 1. The van der Waals surface area contributed by atoms with E-state index >= 15 is 8.78 Å². The van der Waals surface area contributed by atoms with Crippen LogP contribution in [-0.4, -0.2) is 41.0 Å². The van der Waals surface area contributed by atoms with Crippen molar-refractivity contribution in [1.82, 2.24) is 4.90 Å². The molecular weight excluding hydrogens is 433 g/mol. The third-order valence-electron chi connectivity index (χ3n) is 5.47. The Balaban J connectivity index is 2.15. The number of carbonyl (C=O) groups is 1. The van der Waals surface area contributed by atoms with Gasteiger partial charge in [0.05, 0.1) is 6.04 Å². The van der Waals surface area contributed by atoms with Crippen LogP contribution in [0.1, 0.15) is 49.1 Å². The lowest BCUT2D eigenvalue weighted by Gasteiger charge is -2.44. The number of benzene rings is 2. The molecule has 2 aromatic rings. The van der Waals surface area contributed by atoms with Gasteiger partial charge in [-0.25, -0.2) is 24.5 Å². The van der Waals surface area contributed by atoms with Gasteiger partial charge in [-0.1, -0.05) is 6.07 Å². The van der Waals surface area contributed by atoms with Crippen molar-refractivity contribution in [2.45, 2.75) is 44.9 Å². The van der Waals surface area contributed by atoms with Gasteiger partial charge in [0.15, 0.2) is 0 Å². The number of halogens is 3. The molecule has 33 heavy (non-hydrogen) atoms. The Morgan fingerprint density at radius 3 is 2.55 bits per heavy atom.